The molecule has 5 nitrogen and oxygen atoms in total. The van der Waals surface area contributed by atoms with E-state index in [1.54, 1.807) is 0 Å². The fourth-order valence-corrected chi connectivity index (χ4v) is 10.3. The predicted molar refractivity (Wildman–Crippen MR) is 171 cm³/mol. The van der Waals surface area contributed by atoms with Crippen LogP contribution in [0.3, 0.4) is 0 Å². The van der Waals surface area contributed by atoms with E-state index in [0.717, 1.165) is 38.2 Å². The highest BCUT2D eigenvalue weighted by Crippen LogP contribution is 2.41. The molecule has 6 heteroatoms. The molecule has 0 saturated heterocycles. The Hall–Kier alpha value is -2.70. The molecule has 1 N–H and O–H groups in total. The van der Waals surface area contributed by atoms with Crippen molar-refractivity contribution in [3.05, 3.63) is 73.3 Å². The Morgan fingerprint density at radius 3 is 1.80 bits per heavy atom. The maximum absolute atomic E-state index is 11.6. The Kier molecular flexibility index (Phi) is 12.2. The third-order valence-corrected chi connectivity index (χ3v) is 12.9. The van der Waals surface area contributed by atoms with Gasteiger partial charge in [-0.15, -0.1) is 0 Å². The van der Waals surface area contributed by atoms with Gasteiger partial charge in [-0.1, -0.05) is 101 Å². The molecule has 1 aliphatic rings. The summed E-state index contributed by atoms with van der Waals surface area (Å²) in [4.78, 5) is 22.0. The van der Waals surface area contributed by atoms with Crippen LogP contribution in [0.15, 0.2) is 73.3 Å². The summed E-state index contributed by atoms with van der Waals surface area (Å²) in [6.07, 6.45) is 7.50. The van der Waals surface area contributed by atoms with E-state index in [2.05, 4.69) is 88.0 Å². The number of esters is 1. The van der Waals surface area contributed by atoms with E-state index < -0.39 is 25.3 Å². The van der Waals surface area contributed by atoms with Gasteiger partial charge in [0.15, 0.2) is 0 Å². The smallest absolute Gasteiger partial charge is 0.330 e. The largest absolute Gasteiger partial charge is 0.481 e. The molecule has 0 amide bonds. The van der Waals surface area contributed by atoms with Gasteiger partial charge in [-0.3, -0.25) is 4.79 Å². The van der Waals surface area contributed by atoms with Crippen LogP contribution in [-0.4, -0.2) is 37.1 Å². The van der Waals surface area contributed by atoms with Crippen LogP contribution in [0.2, 0.25) is 5.04 Å². The molecule has 0 radical (unpaired) electrons. The zero-order chi connectivity index (χ0) is 30.9. The number of rotatable bonds is 9. The highest BCUT2D eigenvalue weighted by Gasteiger charge is 2.51. The van der Waals surface area contributed by atoms with Crippen LogP contribution in [0.1, 0.15) is 93.9 Å². The topological polar surface area (TPSA) is 72.8 Å². The molecule has 0 aromatic heterocycles. The zero-order valence-corrected chi connectivity index (χ0v) is 27.5. The minimum absolute atomic E-state index is 0.0199. The Bertz CT molecular complexity index is 1070. The number of carbonyl (C=O) groups is 2. The fraction of sp³-hybridized carbons (Fsp3) is 0.543. The number of ether oxygens (including phenoxy) is 1. The molecular weight excluding hydrogens is 528 g/mol. The van der Waals surface area contributed by atoms with Gasteiger partial charge in [-0.2, -0.15) is 0 Å². The Morgan fingerprint density at radius 2 is 1.41 bits per heavy atom. The highest BCUT2D eigenvalue weighted by atomic mass is 28.4. The number of hydrogen-bond acceptors (Lipinski definition) is 4. The van der Waals surface area contributed by atoms with Crippen molar-refractivity contribution in [2.75, 3.05) is 0 Å². The second kappa shape index (κ2) is 14.5. The molecular formula is C35H52O5Si. The number of carboxylic acids is 1. The van der Waals surface area contributed by atoms with Crippen LogP contribution in [0.25, 0.3) is 0 Å². The lowest BCUT2D eigenvalue weighted by Crippen LogP contribution is -2.67. The van der Waals surface area contributed by atoms with Crippen molar-refractivity contribution in [3.63, 3.8) is 0 Å². The maximum Gasteiger partial charge on any atom is 0.330 e. The first-order chi connectivity index (χ1) is 19.0. The number of benzene rings is 2. The molecule has 2 aromatic rings. The average molecular weight is 581 g/mol. The summed E-state index contributed by atoms with van der Waals surface area (Å²) in [6, 6.07) is 21.7. The van der Waals surface area contributed by atoms with Gasteiger partial charge in [0.25, 0.3) is 8.32 Å². The van der Waals surface area contributed by atoms with Crippen molar-refractivity contribution in [3.8, 4) is 0 Å². The molecule has 41 heavy (non-hydrogen) atoms. The molecule has 1 fully saturated rings. The number of hydrogen-bond donors (Lipinski definition) is 1. The monoisotopic (exact) mass is 580 g/mol. The molecule has 0 bridgehead atoms. The van der Waals surface area contributed by atoms with Crippen LogP contribution >= 0.6 is 0 Å². The van der Waals surface area contributed by atoms with Gasteiger partial charge < -0.3 is 14.3 Å². The fourth-order valence-electron chi connectivity index (χ4n) is 5.57. The van der Waals surface area contributed by atoms with Gasteiger partial charge in [0.1, 0.15) is 5.60 Å². The Morgan fingerprint density at radius 1 is 0.902 bits per heavy atom. The van der Waals surface area contributed by atoms with Crippen molar-refractivity contribution in [1.29, 1.82) is 0 Å². The Balaban J connectivity index is 0.000000564. The second-order valence-electron chi connectivity index (χ2n) is 13.9. The van der Waals surface area contributed by atoms with Gasteiger partial charge in [0, 0.05) is 12.2 Å². The summed E-state index contributed by atoms with van der Waals surface area (Å²) in [5, 5.41) is 12.1. The first-order valence-electron chi connectivity index (χ1n) is 14.9. The molecule has 2 aromatic carbocycles. The third kappa shape index (κ3) is 9.96. The molecule has 0 aliphatic heterocycles. The summed E-state index contributed by atoms with van der Waals surface area (Å²) in [5.41, 5.74) is -1.06. The highest BCUT2D eigenvalue weighted by molar-refractivity contribution is 6.99. The van der Waals surface area contributed by atoms with Crippen LogP contribution in [0, 0.1) is 11.3 Å². The maximum atomic E-state index is 11.6. The van der Waals surface area contributed by atoms with Crippen LogP contribution < -0.4 is 10.4 Å². The molecule has 2 unspecified atom stereocenters. The number of aliphatic carboxylic acids is 1. The molecule has 1 saturated carbocycles. The summed E-state index contributed by atoms with van der Waals surface area (Å²) < 4.78 is 12.2. The molecule has 0 spiro atoms. The molecule has 0 heterocycles. The minimum Gasteiger partial charge on any atom is -0.481 e. The van der Waals surface area contributed by atoms with Crippen molar-refractivity contribution < 1.29 is 23.9 Å². The van der Waals surface area contributed by atoms with E-state index in [1.807, 2.05) is 34.6 Å². The van der Waals surface area contributed by atoms with Gasteiger partial charge in [-0.25, -0.2) is 4.79 Å². The van der Waals surface area contributed by atoms with Crippen LogP contribution in [-0.2, 0) is 18.8 Å². The van der Waals surface area contributed by atoms with Crippen molar-refractivity contribution in [2.45, 2.75) is 111 Å². The van der Waals surface area contributed by atoms with Crippen molar-refractivity contribution in [1.82, 2.24) is 0 Å². The van der Waals surface area contributed by atoms with E-state index in [0.29, 0.717) is 5.92 Å². The summed E-state index contributed by atoms with van der Waals surface area (Å²) >= 11 is 0. The lowest BCUT2D eigenvalue weighted by molar-refractivity contribution is -0.149. The first-order valence-corrected chi connectivity index (χ1v) is 16.8. The summed E-state index contributed by atoms with van der Waals surface area (Å²) in [5.74, 6) is -0.540. The average Bonchev–Trinajstić information content (AvgIpc) is 2.90. The first kappa shape index (κ1) is 34.5. The number of carbonyl (C=O) groups excluding carboxylic acids is 1. The molecule has 1 aliphatic carbocycles. The SMILES string of the molecule is C=CC(=O)OC(C)(C)C.CC(C)(CCC1CCCC(O[Si](c2ccccc2)(c2ccccc2)C(C)(C)C)C1)C(=O)O. The van der Waals surface area contributed by atoms with Crippen LogP contribution in [0.5, 0.6) is 0 Å². The zero-order valence-electron chi connectivity index (χ0n) is 26.5. The van der Waals surface area contributed by atoms with E-state index >= 15 is 0 Å². The van der Waals surface area contributed by atoms with Crippen molar-refractivity contribution in [2.24, 2.45) is 11.3 Å². The lowest BCUT2D eigenvalue weighted by Gasteiger charge is -2.46. The minimum atomic E-state index is -2.54. The third-order valence-electron chi connectivity index (χ3n) is 7.82. The Labute approximate surface area is 249 Å². The summed E-state index contributed by atoms with van der Waals surface area (Å²) in [7, 11) is -2.54. The van der Waals surface area contributed by atoms with E-state index in [4.69, 9.17) is 9.16 Å². The van der Waals surface area contributed by atoms with E-state index in [-0.39, 0.29) is 17.1 Å². The second-order valence-corrected chi connectivity index (χ2v) is 18.2. The summed E-state index contributed by atoms with van der Waals surface area (Å²) in [6.45, 7) is 19.4. The van der Waals surface area contributed by atoms with E-state index in [1.165, 1.54) is 16.8 Å². The van der Waals surface area contributed by atoms with Crippen molar-refractivity contribution >= 4 is 30.6 Å². The lowest BCUT2D eigenvalue weighted by atomic mass is 9.79. The van der Waals surface area contributed by atoms with Crippen LogP contribution in [0.4, 0.5) is 0 Å². The standard InChI is InChI=1S/C28H40O3Si.C7H12O2/c1-27(2,3)32(24-15-8-6-9-16-24,25-17-10-7-11-18-25)31-23-14-12-13-22(21-23)19-20-28(4,5)26(29)30;1-5-6(8)9-7(2,3)4/h6-11,15-18,22-23H,12-14,19-21H2,1-5H3,(H,29,30);5H,1H2,2-4H3. The predicted octanol–water partition coefficient (Wildman–Crippen LogP) is 7.53. The quantitative estimate of drug-likeness (QED) is 0.189. The molecule has 2 atom stereocenters. The van der Waals surface area contributed by atoms with Gasteiger partial charge in [-0.05, 0) is 81.6 Å². The normalized spacial score (nSPS) is 18.0. The molecule has 226 valence electrons. The number of carboxylic acid groups (broad SMARTS) is 1. The van der Waals surface area contributed by atoms with Gasteiger partial charge in [0.05, 0.1) is 5.41 Å². The van der Waals surface area contributed by atoms with Gasteiger partial charge >= 0.3 is 11.9 Å². The van der Waals surface area contributed by atoms with Gasteiger partial charge in [0.2, 0.25) is 0 Å². The van der Waals surface area contributed by atoms with E-state index in [9.17, 15) is 14.7 Å². The molecule has 3 rings (SSSR count).